The zero-order valence-electron chi connectivity index (χ0n) is 20.1. The number of anilines is 1. The predicted molar refractivity (Wildman–Crippen MR) is 127 cm³/mol. The van der Waals surface area contributed by atoms with Gasteiger partial charge in [0.25, 0.3) is 0 Å². The largest absolute Gasteiger partial charge is 0.463 e. The fourth-order valence-electron chi connectivity index (χ4n) is 4.21. The molecule has 2 amide bonds. The Balaban J connectivity index is 1.87. The second kappa shape index (κ2) is 10.1. The zero-order valence-corrected chi connectivity index (χ0v) is 20.1. The van der Waals surface area contributed by atoms with E-state index in [4.69, 9.17) is 9.68 Å². The van der Waals surface area contributed by atoms with E-state index in [0.29, 0.717) is 11.1 Å². The third-order valence-corrected chi connectivity index (χ3v) is 6.03. The number of ether oxygens (including phenoxy) is 1. The first kappa shape index (κ1) is 26.0. The Bertz CT molecular complexity index is 1510. The number of allylic oxidation sites excluding steroid dienone is 1. The van der Waals surface area contributed by atoms with Crippen molar-refractivity contribution in [2.75, 3.05) is 12.0 Å². The number of carbonyl (C=O) groups is 2. The fraction of sp³-hybridized carbons (Fsp3) is 0.185. The first-order chi connectivity index (χ1) is 18.1. The van der Waals surface area contributed by atoms with E-state index in [9.17, 15) is 28.0 Å². The van der Waals surface area contributed by atoms with Gasteiger partial charge in [0, 0.05) is 5.70 Å². The van der Waals surface area contributed by atoms with Crippen molar-refractivity contribution < 1.29 is 31.9 Å². The lowest BCUT2D eigenvalue weighted by molar-refractivity contribution is -0.137. The van der Waals surface area contributed by atoms with Crippen LogP contribution in [-0.2, 0) is 17.5 Å². The van der Waals surface area contributed by atoms with Crippen molar-refractivity contribution in [3.8, 4) is 12.1 Å². The molecule has 0 spiro atoms. The molecule has 3 aromatic rings. The van der Waals surface area contributed by atoms with E-state index in [-0.39, 0.29) is 35.0 Å². The van der Waals surface area contributed by atoms with Gasteiger partial charge >= 0.3 is 18.2 Å². The van der Waals surface area contributed by atoms with Crippen molar-refractivity contribution in [1.29, 1.82) is 10.5 Å². The molecule has 1 aromatic heterocycles. The lowest BCUT2D eigenvalue weighted by Crippen LogP contribution is -2.49. The van der Waals surface area contributed by atoms with Crippen molar-refractivity contribution in [3.05, 3.63) is 100 Å². The second-order valence-electron chi connectivity index (χ2n) is 8.30. The van der Waals surface area contributed by atoms with Crippen LogP contribution in [0.4, 0.5) is 23.7 Å². The van der Waals surface area contributed by atoms with Crippen molar-refractivity contribution in [3.63, 3.8) is 0 Å². The molecule has 1 atom stereocenters. The first-order valence-electron chi connectivity index (χ1n) is 11.1. The van der Waals surface area contributed by atoms with E-state index in [1.807, 2.05) is 6.07 Å². The number of hydrogen-bond acceptors (Lipinski definition) is 6. The van der Waals surface area contributed by atoms with E-state index < -0.39 is 29.8 Å². The Labute approximate surface area is 215 Å². The number of halogens is 3. The van der Waals surface area contributed by atoms with Gasteiger partial charge < -0.3 is 14.1 Å². The number of esters is 1. The van der Waals surface area contributed by atoms with Crippen LogP contribution in [0.15, 0.2) is 76.4 Å². The summed E-state index contributed by atoms with van der Waals surface area (Å²) in [5.74, 6) is -0.661. The average molecular weight is 520 g/mol. The fourth-order valence-corrected chi connectivity index (χ4v) is 4.21. The maximum atomic E-state index is 13.9. The summed E-state index contributed by atoms with van der Waals surface area (Å²) in [6.45, 7) is 1.25. The van der Waals surface area contributed by atoms with Gasteiger partial charge in [0.2, 0.25) is 5.76 Å². The molecule has 1 aliphatic rings. The maximum absolute atomic E-state index is 13.9. The van der Waals surface area contributed by atoms with Crippen LogP contribution < -0.4 is 4.90 Å². The highest BCUT2D eigenvalue weighted by molar-refractivity contribution is 5.97. The van der Waals surface area contributed by atoms with Crippen LogP contribution in [0.25, 0.3) is 0 Å². The summed E-state index contributed by atoms with van der Waals surface area (Å²) in [7, 11) is 1.18. The van der Waals surface area contributed by atoms with Crippen molar-refractivity contribution in [1.82, 2.24) is 4.90 Å². The van der Waals surface area contributed by atoms with Gasteiger partial charge in [0.1, 0.15) is 5.76 Å². The van der Waals surface area contributed by atoms with E-state index in [2.05, 4.69) is 10.8 Å². The van der Waals surface area contributed by atoms with Crippen LogP contribution in [0.1, 0.15) is 46.0 Å². The number of nitrogens with zero attached hydrogens (tertiary/aromatic N) is 4. The summed E-state index contributed by atoms with van der Waals surface area (Å²) in [6, 6.07) is 15.7. The Morgan fingerprint density at radius 3 is 2.39 bits per heavy atom. The van der Waals surface area contributed by atoms with Crippen LogP contribution >= 0.6 is 0 Å². The highest BCUT2D eigenvalue weighted by Gasteiger charge is 2.41. The number of alkyl halides is 3. The second-order valence-corrected chi connectivity index (χ2v) is 8.30. The maximum Gasteiger partial charge on any atom is 0.416 e. The van der Waals surface area contributed by atoms with Gasteiger partial charge in [-0.1, -0.05) is 18.2 Å². The highest BCUT2D eigenvalue weighted by Crippen LogP contribution is 2.41. The first-order valence-corrected chi connectivity index (χ1v) is 11.1. The smallest absolute Gasteiger partial charge is 0.416 e. The number of amides is 2. The average Bonchev–Trinajstić information content (AvgIpc) is 3.38. The van der Waals surface area contributed by atoms with Crippen molar-refractivity contribution >= 4 is 17.7 Å². The summed E-state index contributed by atoms with van der Waals surface area (Å²) in [5, 5.41) is 19.3. The Hall–Kier alpha value is -5.03. The summed E-state index contributed by atoms with van der Waals surface area (Å²) < 4.78 is 50.5. The quantitative estimate of drug-likeness (QED) is 0.385. The number of benzene rings is 2. The van der Waals surface area contributed by atoms with Crippen LogP contribution in [0, 0.1) is 22.7 Å². The molecule has 0 saturated heterocycles. The van der Waals surface area contributed by atoms with Crippen molar-refractivity contribution in [2.45, 2.75) is 25.7 Å². The molecular formula is C27H19F3N4O4. The number of rotatable bonds is 5. The number of hydrogen-bond donors (Lipinski definition) is 0. The minimum absolute atomic E-state index is 0.0759. The third kappa shape index (κ3) is 4.82. The number of nitriles is 2. The van der Waals surface area contributed by atoms with Crippen LogP contribution in [0.5, 0.6) is 0 Å². The number of carbonyl (C=O) groups excluding carboxylic acids is 2. The SMILES string of the molecule is COC(=O)c1ccc(CN2C(=O)N(c3cccc(C(F)(F)F)c3)C(C)=C(C#N)C2c2ccc(C#N)cc2)o1. The molecule has 192 valence electrons. The molecule has 38 heavy (non-hydrogen) atoms. The van der Waals surface area contributed by atoms with Gasteiger partial charge in [-0.05, 0) is 55.0 Å². The zero-order chi connectivity index (χ0) is 27.6. The lowest BCUT2D eigenvalue weighted by Gasteiger charge is -2.41. The lowest BCUT2D eigenvalue weighted by atomic mass is 9.93. The van der Waals surface area contributed by atoms with E-state index in [0.717, 1.165) is 17.0 Å². The molecule has 1 aliphatic heterocycles. The molecule has 0 bridgehead atoms. The number of furan rings is 1. The Morgan fingerprint density at radius 1 is 1.08 bits per heavy atom. The number of urea groups is 1. The van der Waals surface area contributed by atoms with Crippen LogP contribution in [0.3, 0.4) is 0 Å². The predicted octanol–water partition coefficient (Wildman–Crippen LogP) is 5.94. The molecule has 11 heteroatoms. The van der Waals surface area contributed by atoms with E-state index in [1.54, 1.807) is 12.1 Å². The molecule has 2 aromatic carbocycles. The molecule has 0 aliphatic carbocycles. The standard InChI is InChI=1S/C27H19F3N4O4/c1-16-22(14-32)24(18-8-6-17(13-31)7-9-18)33(15-21-10-11-23(38-21)25(35)37-2)26(36)34(16)20-5-3-4-19(12-20)27(28,29)30/h3-12,24H,15H2,1-2H3. The molecule has 2 heterocycles. The molecular weight excluding hydrogens is 501 g/mol. The normalized spacial score (nSPS) is 15.8. The summed E-state index contributed by atoms with van der Waals surface area (Å²) in [6.07, 6.45) is -4.65. The summed E-state index contributed by atoms with van der Waals surface area (Å²) in [5.41, 5.74) is 0.0814. The minimum Gasteiger partial charge on any atom is -0.463 e. The molecule has 0 N–H and O–H groups in total. The van der Waals surface area contributed by atoms with E-state index >= 15 is 0 Å². The molecule has 0 fully saturated rings. The third-order valence-electron chi connectivity index (χ3n) is 6.03. The van der Waals surface area contributed by atoms with Gasteiger partial charge in [-0.15, -0.1) is 0 Å². The molecule has 4 rings (SSSR count). The Morgan fingerprint density at radius 2 is 1.79 bits per heavy atom. The van der Waals surface area contributed by atoms with Crippen LogP contribution in [0.2, 0.25) is 0 Å². The summed E-state index contributed by atoms with van der Waals surface area (Å²) in [4.78, 5) is 28.1. The van der Waals surface area contributed by atoms with Crippen LogP contribution in [-0.4, -0.2) is 24.0 Å². The molecule has 0 saturated carbocycles. The van der Waals surface area contributed by atoms with Gasteiger partial charge in [0.15, 0.2) is 0 Å². The van der Waals surface area contributed by atoms with Crippen molar-refractivity contribution in [2.24, 2.45) is 0 Å². The van der Waals surface area contributed by atoms with E-state index in [1.165, 1.54) is 55.3 Å². The highest BCUT2D eigenvalue weighted by atomic mass is 19.4. The number of methoxy groups -OCH3 is 1. The van der Waals surface area contributed by atoms with Gasteiger partial charge in [-0.25, -0.2) is 9.59 Å². The summed E-state index contributed by atoms with van der Waals surface area (Å²) >= 11 is 0. The molecule has 8 nitrogen and oxygen atoms in total. The van der Waals surface area contributed by atoms with Gasteiger partial charge in [0.05, 0.1) is 54.2 Å². The topological polar surface area (TPSA) is 111 Å². The monoisotopic (exact) mass is 520 g/mol. The Kier molecular flexibility index (Phi) is 6.96. The minimum atomic E-state index is -4.65. The molecule has 0 radical (unpaired) electrons. The molecule has 1 unspecified atom stereocenters. The van der Waals surface area contributed by atoms with Gasteiger partial charge in [-0.2, -0.15) is 23.7 Å². The van der Waals surface area contributed by atoms with Gasteiger partial charge in [-0.3, -0.25) is 4.90 Å².